The third-order valence-corrected chi connectivity index (χ3v) is 3.01. The van der Waals surface area contributed by atoms with Crippen LogP contribution < -0.4 is 0 Å². The molecule has 1 aliphatic rings. The van der Waals surface area contributed by atoms with Crippen LogP contribution in [0.5, 0.6) is 0 Å². The second kappa shape index (κ2) is 4.74. The van der Waals surface area contributed by atoms with E-state index in [4.69, 9.17) is 9.84 Å². The zero-order chi connectivity index (χ0) is 14.1. The molecule has 1 rings (SSSR count). The molecule has 0 unspecified atom stereocenters. The summed E-state index contributed by atoms with van der Waals surface area (Å²) in [5, 5.41) is 8.95. The van der Waals surface area contributed by atoms with Crippen LogP contribution in [0, 0.1) is 5.92 Å². The molecule has 0 bridgehead atoms. The number of carbonyl (C=O) groups excluding carboxylic acids is 1. The molecule has 0 aromatic carbocycles. The number of carbonyl (C=O) groups is 2. The summed E-state index contributed by atoms with van der Waals surface area (Å²) < 4.78 is 19.4. The van der Waals surface area contributed by atoms with Crippen molar-refractivity contribution >= 4 is 12.1 Å². The van der Waals surface area contributed by atoms with Crippen molar-refractivity contribution in [3.63, 3.8) is 0 Å². The largest absolute Gasteiger partial charge is 0.479 e. The Morgan fingerprint density at radius 2 is 2.06 bits per heavy atom. The van der Waals surface area contributed by atoms with Gasteiger partial charge in [-0.05, 0) is 27.2 Å². The number of carboxylic acids is 1. The highest BCUT2D eigenvalue weighted by Gasteiger charge is 2.54. The van der Waals surface area contributed by atoms with Crippen LogP contribution in [-0.4, -0.2) is 46.4 Å². The van der Waals surface area contributed by atoms with Gasteiger partial charge < -0.3 is 14.7 Å². The maximum atomic E-state index is 14.3. The van der Waals surface area contributed by atoms with E-state index in [0.717, 1.165) is 4.90 Å². The fourth-order valence-electron chi connectivity index (χ4n) is 2.04. The smallest absolute Gasteiger partial charge is 0.410 e. The van der Waals surface area contributed by atoms with Gasteiger partial charge in [0, 0.05) is 12.5 Å². The molecule has 0 aromatic rings. The molecule has 0 aliphatic carbocycles. The highest BCUT2D eigenvalue weighted by atomic mass is 19.1. The van der Waals surface area contributed by atoms with Gasteiger partial charge >= 0.3 is 12.1 Å². The van der Waals surface area contributed by atoms with E-state index >= 15 is 0 Å². The molecule has 0 aromatic heterocycles. The summed E-state index contributed by atoms with van der Waals surface area (Å²) in [4.78, 5) is 23.9. The molecule has 1 fully saturated rings. The summed E-state index contributed by atoms with van der Waals surface area (Å²) in [5.74, 6) is -2.21. The van der Waals surface area contributed by atoms with E-state index in [1.807, 2.05) is 0 Å². The average molecular weight is 261 g/mol. The standard InChI is InChI=1S/C12H20FNO4/c1-5-8-6-14(7-12(8,13)9(15)16)10(17)18-11(2,3)4/h8H,5-7H2,1-4H3,(H,15,16)/t8-,12+/m1/s1. The molecule has 5 nitrogen and oxygen atoms in total. The third-order valence-electron chi connectivity index (χ3n) is 3.01. The molecule has 0 spiro atoms. The first-order valence-electron chi connectivity index (χ1n) is 6.00. The lowest BCUT2D eigenvalue weighted by Crippen LogP contribution is -2.43. The summed E-state index contributed by atoms with van der Waals surface area (Å²) in [6.07, 6.45) is -0.302. The predicted octanol–water partition coefficient (Wildman–Crippen LogP) is 2.06. The third kappa shape index (κ3) is 2.91. The van der Waals surface area contributed by atoms with Gasteiger partial charge in [0.1, 0.15) is 5.60 Å². The lowest BCUT2D eigenvalue weighted by Gasteiger charge is -2.24. The summed E-state index contributed by atoms with van der Waals surface area (Å²) >= 11 is 0. The number of hydrogen-bond acceptors (Lipinski definition) is 3. The molecule has 6 heteroatoms. The Kier molecular flexibility index (Phi) is 3.88. The quantitative estimate of drug-likeness (QED) is 0.826. The Balaban J connectivity index is 2.79. The van der Waals surface area contributed by atoms with Gasteiger partial charge in [-0.15, -0.1) is 0 Å². The number of carboxylic acid groups (broad SMARTS) is 1. The number of halogens is 1. The maximum Gasteiger partial charge on any atom is 0.410 e. The zero-order valence-electron chi connectivity index (χ0n) is 11.2. The van der Waals surface area contributed by atoms with Crippen molar-refractivity contribution in [2.75, 3.05) is 13.1 Å². The Labute approximate surface area is 106 Å². The van der Waals surface area contributed by atoms with E-state index in [1.165, 1.54) is 0 Å². The molecular formula is C12H20FNO4. The number of rotatable bonds is 2. The van der Waals surface area contributed by atoms with Crippen molar-refractivity contribution in [3.8, 4) is 0 Å². The van der Waals surface area contributed by atoms with Crippen LogP contribution in [0.2, 0.25) is 0 Å². The van der Waals surface area contributed by atoms with Crippen LogP contribution in [0.3, 0.4) is 0 Å². The molecular weight excluding hydrogens is 241 g/mol. The molecule has 2 atom stereocenters. The molecule has 0 saturated carbocycles. The van der Waals surface area contributed by atoms with E-state index < -0.39 is 35.8 Å². The van der Waals surface area contributed by atoms with Crippen molar-refractivity contribution in [1.29, 1.82) is 0 Å². The Morgan fingerprint density at radius 1 is 1.50 bits per heavy atom. The van der Waals surface area contributed by atoms with Gasteiger partial charge in [0.2, 0.25) is 5.67 Å². The average Bonchev–Trinajstić information content (AvgIpc) is 2.54. The van der Waals surface area contributed by atoms with Gasteiger partial charge in [0.25, 0.3) is 0 Å². The Bertz CT molecular complexity index is 352. The summed E-state index contributed by atoms with van der Waals surface area (Å²) in [5.41, 5.74) is -3.05. The topological polar surface area (TPSA) is 66.8 Å². The minimum Gasteiger partial charge on any atom is -0.479 e. The van der Waals surface area contributed by atoms with E-state index in [1.54, 1.807) is 27.7 Å². The van der Waals surface area contributed by atoms with Crippen LogP contribution in [-0.2, 0) is 9.53 Å². The van der Waals surface area contributed by atoms with Crippen molar-refractivity contribution in [1.82, 2.24) is 4.90 Å². The molecule has 1 heterocycles. The van der Waals surface area contributed by atoms with Crippen molar-refractivity contribution in [2.45, 2.75) is 45.4 Å². The second-order valence-electron chi connectivity index (χ2n) is 5.63. The van der Waals surface area contributed by atoms with Gasteiger partial charge in [0.15, 0.2) is 0 Å². The van der Waals surface area contributed by atoms with Crippen molar-refractivity contribution in [2.24, 2.45) is 5.92 Å². The van der Waals surface area contributed by atoms with E-state index in [2.05, 4.69) is 0 Å². The first-order valence-corrected chi connectivity index (χ1v) is 6.00. The number of likely N-dealkylation sites (tertiary alicyclic amines) is 1. The van der Waals surface area contributed by atoms with Crippen LogP contribution >= 0.6 is 0 Å². The van der Waals surface area contributed by atoms with Gasteiger partial charge in [-0.25, -0.2) is 14.0 Å². The zero-order valence-corrected chi connectivity index (χ0v) is 11.2. The number of hydrogen-bond donors (Lipinski definition) is 1. The van der Waals surface area contributed by atoms with E-state index in [-0.39, 0.29) is 6.54 Å². The van der Waals surface area contributed by atoms with Crippen LogP contribution in [0.4, 0.5) is 9.18 Å². The van der Waals surface area contributed by atoms with E-state index in [9.17, 15) is 14.0 Å². The summed E-state index contributed by atoms with van der Waals surface area (Å²) in [6.45, 7) is 6.46. The first kappa shape index (κ1) is 14.7. The monoisotopic (exact) mass is 261 g/mol. The molecule has 1 N–H and O–H groups in total. The van der Waals surface area contributed by atoms with E-state index in [0.29, 0.717) is 6.42 Å². The number of aliphatic carboxylic acids is 1. The first-order chi connectivity index (χ1) is 8.10. The minimum atomic E-state index is -2.37. The van der Waals surface area contributed by atoms with Gasteiger partial charge in [-0.3, -0.25) is 0 Å². The Morgan fingerprint density at radius 3 is 2.39 bits per heavy atom. The van der Waals surface area contributed by atoms with Gasteiger partial charge in [-0.2, -0.15) is 0 Å². The van der Waals surface area contributed by atoms with Gasteiger partial charge in [-0.1, -0.05) is 6.92 Å². The summed E-state index contributed by atoms with van der Waals surface area (Å²) in [6, 6.07) is 0. The fourth-order valence-corrected chi connectivity index (χ4v) is 2.04. The molecule has 18 heavy (non-hydrogen) atoms. The minimum absolute atomic E-state index is 0.0776. The Hall–Kier alpha value is -1.33. The van der Waals surface area contributed by atoms with Crippen molar-refractivity contribution < 1.29 is 23.8 Å². The van der Waals surface area contributed by atoms with Gasteiger partial charge in [0.05, 0.1) is 6.54 Å². The lowest BCUT2D eigenvalue weighted by molar-refractivity contribution is -0.152. The molecule has 1 aliphatic heterocycles. The fraction of sp³-hybridized carbons (Fsp3) is 0.833. The number of ether oxygens (including phenoxy) is 1. The maximum absolute atomic E-state index is 14.3. The SMILES string of the molecule is CC[C@@H]1CN(C(=O)OC(C)(C)C)C[C@@]1(F)C(=O)O. The number of nitrogens with zero attached hydrogens (tertiary/aromatic N) is 1. The molecule has 104 valence electrons. The van der Waals surface area contributed by atoms with Crippen LogP contribution in [0.1, 0.15) is 34.1 Å². The highest BCUT2D eigenvalue weighted by Crippen LogP contribution is 2.34. The number of alkyl halides is 1. The highest BCUT2D eigenvalue weighted by molar-refractivity contribution is 5.80. The second-order valence-corrected chi connectivity index (χ2v) is 5.63. The predicted molar refractivity (Wildman–Crippen MR) is 63.1 cm³/mol. The number of amides is 1. The molecule has 0 radical (unpaired) electrons. The molecule has 1 saturated heterocycles. The molecule has 1 amide bonds. The van der Waals surface area contributed by atoms with Crippen molar-refractivity contribution in [3.05, 3.63) is 0 Å². The summed E-state index contributed by atoms with van der Waals surface area (Å²) in [7, 11) is 0. The normalized spacial score (nSPS) is 28.3. The van der Waals surface area contributed by atoms with Crippen LogP contribution in [0.15, 0.2) is 0 Å². The lowest BCUT2D eigenvalue weighted by atomic mass is 9.91. The van der Waals surface area contributed by atoms with Crippen LogP contribution in [0.25, 0.3) is 0 Å².